The van der Waals surface area contributed by atoms with E-state index in [1.54, 1.807) is 0 Å². The minimum atomic E-state index is -4.21. The lowest BCUT2D eigenvalue weighted by atomic mass is 10.0. The number of rotatable bonds is 5. The highest BCUT2D eigenvalue weighted by atomic mass is 32.2. The minimum absolute atomic E-state index is 0.191. The summed E-state index contributed by atoms with van der Waals surface area (Å²) in [5.74, 6) is -1.66. The summed E-state index contributed by atoms with van der Waals surface area (Å²) in [7, 11) is -7.59. The van der Waals surface area contributed by atoms with Gasteiger partial charge in [0.2, 0.25) is 15.9 Å². The summed E-state index contributed by atoms with van der Waals surface area (Å²) in [5.41, 5.74) is 0.768. The number of fused-ring (bicyclic) bond motifs is 1. The maximum Gasteiger partial charge on any atom is 0.243 e. The Morgan fingerprint density at radius 3 is 2.52 bits per heavy atom. The SMILES string of the molecule is CC(CS(C)(=O)=O)NS(=O)(=O)c1cc2c(cc1F)NC(=O)CC2. The van der Waals surface area contributed by atoms with Crippen LogP contribution in [0, 0.1) is 5.82 Å². The Morgan fingerprint density at radius 2 is 1.91 bits per heavy atom. The van der Waals surface area contributed by atoms with Crippen molar-refractivity contribution in [2.24, 2.45) is 0 Å². The van der Waals surface area contributed by atoms with Gasteiger partial charge in [-0.2, -0.15) is 0 Å². The summed E-state index contributed by atoms with van der Waals surface area (Å²) >= 11 is 0. The molecule has 1 aromatic carbocycles. The fourth-order valence-corrected chi connectivity index (χ4v) is 4.85. The molecule has 10 heteroatoms. The molecule has 128 valence electrons. The maximum atomic E-state index is 14.1. The molecule has 0 aromatic heterocycles. The zero-order valence-electron chi connectivity index (χ0n) is 12.6. The molecule has 1 atom stereocenters. The van der Waals surface area contributed by atoms with Gasteiger partial charge in [-0.1, -0.05) is 0 Å². The van der Waals surface area contributed by atoms with Crippen LogP contribution in [0.3, 0.4) is 0 Å². The molecule has 2 N–H and O–H groups in total. The summed E-state index contributed by atoms with van der Waals surface area (Å²) in [6.45, 7) is 1.38. The number of benzene rings is 1. The summed E-state index contributed by atoms with van der Waals surface area (Å²) in [6.07, 6.45) is 1.48. The first-order chi connectivity index (χ1) is 10.5. The Bertz CT molecular complexity index is 849. The van der Waals surface area contributed by atoms with E-state index in [4.69, 9.17) is 0 Å². The van der Waals surface area contributed by atoms with Gasteiger partial charge in [0.1, 0.15) is 20.5 Å². The van der Waals surface area contributed by atoms with E-state index in [9.17, 15) is 26.0 Å². The normalized spacial score (nSPS) is 16.6. The molecule has 2 rings (SSSR count). The molecular weight excluding hydrogens is 347 g/mol. The average molecular weight is 364 g/mol. The standard InChI is InChI=1S/C13H17FN2O5S2/c1-8(7-22(2,18)19)16-23(20,21)12-5-9-3-4-13(17)15-11(9)6-10(12)14/h5-6,8,16H,3-4,7H2,1-2H3,(H,15,17). The first-order valence-corrected chi connectivity index (χ1v) is 10.3. The van der Waals surface area contributed by atoms with Gasteiger partial charge in [0.15, 0.2) is 0 Å². The molecule has 7 nitrogen and oxygen atoms in total. The third-order valence-corrected chi connectivity index (χ3v) is 5.96. The Hall–Kier alpha value is -1.52. The van der Waals surface area contributed by atoms with Crippen LogP contribution in [0.1, 0.15) is 18.9 Å². The minimum Gasteiger partial charge on any atom is -0.326 e. The molecule has 0 fully saturated rings. The van der Waals surface area contributed by atoms with Crippen molar-refractivity contribution >= 4 is 31.5 Å². The summed E-state index contributed by atoms with van der Waals surface area (Å²) in [6, 6.07) is 1.23. The second-order valence-corrected chi connectivity index (χ2v) is 9.47. The van der Waals surface area contributed by atoms with Crippen molar-refractivity contribution in [2.45, 2.75) is 30.7 Å². The first kappa shape index (κ1) is 17.8. The number of hydrogen-bond donors (Lipinski definition) is 2. The van der Waals surface area contributed by atoms with Gasteiger partial charge in [0.25, 0.3) is 0 Å². The number of aryl methyl sites for hydroxylation is 1. The largest absolute Gasteiger partial charge is 0.326 e. The van der Waals surface area contributed by atoms with E-state index < -0.39 is 42.4 Å². The number of halogens is 1. The fraction of sp³-hybridized carbons (Fsp3) is 0.462. The highest BCUT2D eigenvalue weighted by Gasteiger charge is 2.26. The van der Waals surface area contributed by atoms with Crippen LogP contribution in [0.5, 0.6) is 0 Å². The highest BCUT2D eigenvalue weighted by molar-refractivity contribution is 7.91. The van der Waals surface area contributed by atoms with Crippen LogP contribution in [0.25, 0.3) is 0 Å². The van der Waals surface area contributed by atoms with Gasteiger partial charge in [0.05, 0.1) is 5.75 Å². The monoisotopic (exact) mass is 364 g/mol. The van der Waals surface area contributed by atoms with E-state index in [1.165, 1.54) is 13.0 Å². The van der Waals surface area contributed by atoms with Crippen molar-refractivity contribution in [2.75, 3.05) is 17.3 Å². The van der Waals surface area contributed by atoms with E-state index >= 15 is 0 Å². The summed E-state index contributed by atoms with van der Waals surface area (Å²) in [4.78, 5) is 10.7. The lowest BCUT2D eigenvalue weighted by molar-refractivity contribution is -0.116. The maximum absolute atomic E-state index is 14.1. The van der Waals surface area contributed by atoms with Crippen molar-refractivity contribution in [3.05, 3.63) is 23.5 Å². The molecule has 1 amide bonds. The predicted octanol–water partition coefficient (Wildman–Crippen LogP) is 0.422. The molecule has 1 aromatic rings. The van der Waals surface area contributed by atoms with Gasteiger partial charge < -0.3 is 5.32 Å². The molecule has 0 saturated carbocycles. The number of nitrogens with one attached hydrogen (secondary N) is 2. The first-order valence-electron chi connectivity index (χ1n) is 6.80. The number of hydrogen-bond acceptors (Lipinski definition) is 5. The molecule has 1 unspecified atom stereocenters. The van der Waals surface area contributed by atoms with Crippen LogP contribution >= 0.6 is 0 Å². The molecule has 0 spiro atoms. The van der Waals surface area contributed by atoms with Crippen molar-refractivity contribution in [1.29, 1.82) is 0 Å². The lowest BCUT2D eigenvalue weighted by Crippen LogP contribution is -2.37. The smallest absolute Gasteiger partial charge is 0.243 e. The fourth-order valence-electron chi connectivity index (χ4n) is 2.40. The van der Waals surface area contributed by atoms with Gasteiger partial charge in [-0.25, -0.2) is 25.9 Å². The molecule has 0 saturated heterocycles. The van der Waals surface area contributed by atoms with Crippen LogP contribution in [0.4, 0.5) is 10.1 Å². The molecule has 23 heavy (non-hydrogen) atoms. The second-order valence-electron chi connectivity index (χ2n) is 5.60. The van der Waals surface area contributed by atoms with E-state index in [0.717, 1.165) is 12.3 Å². The van der Waals surface area contributed by atoms with E-state index in [2.05, 4.69) is 10.0 Å². The van der Waals surface area contributed by atoms with E-state index in [1.807, 2.05) is 0 Å². The third-order valence-electron chi connectivity index (χ3n) is 3.25. The molecule has 1 aliphatic rings. The number of carbonyl (C=O) groups excluding carboxylic acids is 1. The number of sulfone groups is 1. The van der Waals surface area contributed by atoms with Crippen molar-refractivity contribution in [3.63, 3.8) is 0 Å². The highest BCUT2D eigenvalue weighted by Crippen LogP contribution is 2.28. The number of anilines is 1. The number of sulfonamides is 1. The van der Waals surface area contributed by atoms with Gasteiger partial charge >= 0.3 is 0 Å². The number of carbonyl (C=O) groups is 1. The van der Waals surface area contributed by atoms with Crippen LogP contribution in [-0.2, 0) is 31.1 Å². The van der Waals surface area contributed by atoms with Crippen LogP contribution in [0.2, 0.25) is 0 Å². The Kier molecular flexibility index (Phi) is 4.79. The van der Waals surface area contributed by atoms with Crippen molar-refractivity contribution in [3.8, 4) is 0 Å². The molecule has 0 aliphatic carbocycles. The molecule has 0 radical (unpaired) electrons. The quantitative estimate of drug-likeness (QED) is 0.787. The van der Waals surface area contributed by atoms with E-state index in [-0.39, 0.29) is 18.0 Å². The van der Waals surface area contributed by atoms with E-state index in [0.29, 0.717) is 12.0 Å². The summed E-state index contributed by atoms with van der Waals surface area (Å²) < 4.78 is 63.2. The zero-order valence-corrected chi connectivity index (χ0v) is 14.2. The van der Waals surface area contributed by atoms with Crippen LogP contribution in [-0.4, -0.2) is 40.8 Å². The Labute approximate surface area is 134 Å². The van der Waals surface area contributed by atoms with Gasteiger partial charge in [-0.15, -0.1) is 0 Å². The third kappa shape index (κ3) is 4.49. The zero-order chi connectivity index (χ0) is 17.4. The number of amides is 1. The Morgan fingerprint density at radius 1 is 1.26 bits per heavy atom. The molecule has 1 heterocycles. The molecular formula is C13H17FN2O5S2. The van der Waals surface area contributed by atoms with Gasteiger partial charge in [0, 0.05) is 24.4 Å². The molecule has 1 aliphatic heterocycles. The van der Waals surface area contributed by atoms with Crippen molar-refractivity contribution < 1.29 is 26.0 Å². The predicted molar refractivity (Wildman–Crippen MR) is 82.8 cm³/mol. The van der Waals surface area contributed by atoms with Gasteiger partial charge in [-0.3, -0.25) is 4.79 Å². The topological polar surface area (TPSA) is 109 Å². The van der Waals surface area contributed by atoms with Crippen LogP contribution < -0.4 is 10.0 Å². The average Bonchev–Trinajstić information content (AvgIpc) is 2.34. The molecule has 0 bridgehead atoms. The van der Waals surface area contributed by atoms with Gasteiger partial charge in [-0.05, 0) is 31.0 Å². The summed E-state index contributed by atoms with van der Waals surface area (Å²) in [5, 5.41) is 2.48. The van der Waals surface area contributed by atoms with Crippen LogP contribution in [0.15, 0.2) is 17.0 Å². The second kappa shape index (κ2) is 6.17. The van der Waals surface area contributed by atoms with Crippen molar-refractivity contribution in [1.82, 2.24) is 4.72 Å². The Balaban J connectivity index is 2.31. The lowest BCUT2D eigenvalue weighted by Gasteiger charge is -2.19.